The summed E-state index contributed by atoms with van der Waals surface area (Å²) in [7, 11) is 0. The molecule has 3 atom stereocenters. The Morgan fingerprint density at radius 1 is 1.50 bits per heavy atom. The molecule has 3 unspecified atom stereocenters. The molecule has 0 aliphatic carbocycles. The van der Waals surface area contributed by atoms with E-state index in [1.54, 1.807) is 0 Å². The number of hydrogen-bond acceptors (Lipinski definition) is 2. The molecular formula is C12H25N2O2+. The number of hydrogen-bond donors (Lipinski definition) is 3. The first kappa shape index (κ1) is 13.5. The van der Waals surface area contributed by atoms with Gasteiger partial charge in [-0.25, -0.2) is 0 Å². The van der Waals surface area contributed by atoms with E-state index in [4.69, 9.17) is 10.8 Å². The van der Waals surface area contributed by atoms with Crippen molar-refractivity contribution in [3.63, 3.8) is 0 Å². The summed E-state index contributed by atoms with van der Waals surface area (Å²) in [6, 6.07) is -0.693. The molecule has 16 heavy (non-hydrogen) atoms. The van der Waals surface area contributed by atoms with Gasteiger partial charge in [-0.15, -0.1) is 0 Å². The quantitative estimate of drug-likeness (QED) is 0.646. The molecule has 1 saturated heterocycles. The lowest BCUT2D eigenvalue weighted by atomic mass is 9.85. The maximum absolute atomic E-state index is 10.8. The number of nitrogens with two attached hydrogens (primary N) is 2. The molecule has 94 valence electrons. The van der Waals surface area contributed by atoms with E-state index in [-0.39, 0.29) is 0 Å². The molecule has 1 rings (SSSR count). The molecule has 5 N–H and O–H groups in total. The molecule has 0 aromatic heterocycles. The van der Waals surface area contributed by atoms with Crippen molar-refractivity contribution in [2.75, 3.05) is 13.1 Å². The van der Waals surface area contributed by atoms with E-state index in [0.717, 1.165) is 6.54 Å². The van der Waals surface area contributed by atoms with Gasteiger partial charge in [-0.3, -0.25) is 4.79 Å². The van der Waals surface area contributed by atoms with Gasteiger partial charge >= 0.3 is 5.97 Å². The Labute approximate surface area is 97.6 Å². The zero-order valence-electron chi connectivity index (χ0n) is 10.2. The van der Waals surface area contributed by atoms with Crippen molar-refractivity contribution in [1.82, 2.24) is 0 Å². The van der Waals surface area contributed by atoms with Crippen LogP contribution in [0.1, 0.15) is 39.0 Å². The maximum Gasteiger partial charge on any atom is 0.320 e. The second-order valence-electron chi connectivity index (χ2n) is 5.08. The van der Waals surface area contributed by atoms with Crippen LogP contribution in [-0.4, -0.2) is 30.2 Å². The summed E-state index contributed by atoms with van der Waals surface area (Å²) in [6.45, 7) is 4.44. The van der Waals surface area contributed by atoms with Gasteiger partial charge < -0.3 is 16.2 Å². The van der Waals surface area contributed by atoms with Crippen LogP contribution in [0.3, 0.4) is 0 Å². The average Bonchev–Trinajstić information content (AvgIpc) is 2.33. The van der Waals surface area contributed by atoms with Crippen LogP contribution in [0.4, 0.5) is 0 Å². The van der Waals surface area contributed by atoms with Gasteiger partial charge in [-0.2, -0.15) is 0 Å². The van der Waals surface area contributed by atoms with Gasteiger partial charge in [0.1, 0.15) is 6.04 Å². The minimum absolute atomic E-state index is 0.448. The maximum atomic E-state index is 10.8. The van der Waals surface area contributed by atoms with E-state index in [1.165, 1.54) is 32.2 Å². The van der Waals surface area contributed by atoms with Crippen LogP contribution < -0.4 is 11.1 Å². The number of rotatable bonds is 3. The van der Waals surface area contributed by atoms with Crippen molar-refractivity contribution < 1.29 is 15.2 Å². The Morgan fingerprint density at radius 3 is 2.94 bits per heavy atom. The van der Waals surface area contributed by atoms with Crippen LogP contribution in [0.25, 0.3) is 0 Å². The summed E-state index contributed by atoms with van der Waals surface area (Å²) in [5.74, 6) is 0.177. The van der Waals surface area contributed by atoms with Crippen molar-refractivity contribution in [1.29, 1.82) is 0 Å². The Balaban J connectivity index is 2.48. The van der Waals surface area contributed by atoms with Crippen LogP contribution in [0, 0.1) is 11.8 Å². The molecule has 1 aliphatic heterocycles. The molecule has 1 fully saturated rings. The molecule has 0 spiro atoms. The first-order valence-corrected chi connectivity index (χ1v) is 6.41. The van der Waals surface area contributed by atoms with Gasteiger partial charge in [-0.1, -0.05) is 19.8 Å². The smallest absolute Gasteiger partial charge is 0.320 e. The predicted molar refractivity (Wildman–Crippen MR) is 63.0 cm³/mol. The third-order valence-corrected chi connectivity index (χ3v) is 3.72. The summed E-state index contributed by atoms with van der Waals surface area (Å²) in [4.78, 5) is 10.8. The fraction of sp³-hybridized carbons (Fsp3) is 0.917. The minimum Gasteiger partial charge on any atom is -0.480 e. The molecule has 0 amide bonds. The monoisotopic (exact) mass is 229 g/mol. The number of carboxylic acids is 1. The van der Waals surface area contributed by atoms with E-state index in [9.17, 15) is 4.79 Å². The SMILES string of the molecule is CC1CCCCC[NH2+]CC1CC(N)C(=O)O. The van der Waals surface area contributed by atoms with Crippen molar-refractivity contribution in [2.45, 2.75) is 45.1 Å². The van der Waals surface area contributed by atoms with Crippen LogP contribution in [0.15, 0.2) is 0 Å². The van der Waals surface area contributed by atoms with E-state index in [2.05, 4.69) is 12.2 Å². The highest BCUT2D eigenvalue weighted by atomic mass is 16.4. The third kappa shape index (κ3) is 4.49. The molecule has 1 aliphatic rings. The van der Waals surface area contributed by atoms with Gasteiger partial charge in [0, 0.05) is 5.92 Å². The first-order valence-electron chi connectivity index (χ1n) is 6.41. The van der Waals surface area contributed by atoms with E-state index >= 15 is 0 Å². The predicted octanol–water partition coefficient (Wildman–Crippen LogP) is 0.178. The summed E-state index contributed by atoms with van der Waals surface area (Å²) >= 11 is 0. The van der Waals surface area contributed by atoms with Gasteiger partial charge in [0.25, 0.3) is 0 Å². The number of aliphatic carboxylic acids is 1. The Kier molecular flexibility index (Phi) is 5.77. The lowest BCUT2D eigenvalue weighted by Gasteiger charge is -2.23. The number of carbonyl (C=O) groups is 1. The minimum atomic E-state index is -0.868. The zero-order chi connectivity index (χ0) is 12.0. The fourth-order valence-electron chi connectivity index (χ4n) is 2.49. The van der Waals surface area contributed by atoms with Gasteiger partial charge in [-0.05, 0) is 25.2 Å². The van der Waals surface area contributed by atoms with Gasteiger partial charge in [0.2, 0.25) is 0 Å². The normalized spacial score (nSPS) is 29.9. The number of quaternary nitrogens is 1. The standard InChI is InChI=1S/C12H24N2O2/c1-9-5-3-2-4-6-14-8-10(9)7-11(13)12(15)16/h9-11,14H,2-8,13H2,1H3,(H,15,16)/p+1. The van der Waals surface area contributed by atoms with E-state index in [1.807, 2.05) is 0 Å². The van der Waals surface area contributed by atoms with Crippen LogP contribution >= 0.6 is 0 Å². The highest BCUT2D eigenvalue weighted by Crippen LogP contribution is 2.22. The second-order valence-corrected chi connectivity index (χ2v) is 5.08. The Morgan fingerprint density at radius 2 is 2.25 bits per heavy atom. The zero-order valence-corrected chi connectivity index (χ0v) is 10.2. The molecule has 0 saturated carbocycles. The second kappa shape index (κ2) is 6.86. The van der Waals surface area contributed by atoms with E-state index in [0.29, 0.717) is 18.3 Å². The van der Waals surface area contributed by atoms with Crippen LogP contribution in [0.2, 0.25) is 0 Å². The Bertz CT molecular complexity index is 221. The third-order valence-electron chi connectivity index (χ3n) is 3.72. The molecule has 0 aromatic carbocycles. The van der Waals surface area contributed by atoms with Crippen molar-refractivity contribution >= 4 is 5.97 Å². The summed E-state index contributed by atoms with van der Waals surface area (Å²) in [5, 5.41) is 11.2. The van der Waals surface area contributed by atoms with Crippen LogP contribution in [0.5, 0.6) is 0 Å². The largest absolute Gasteiger partial charge is 0.480 e. The molecule has 0 bridgehead atoms. The molecule has 0 radical (unpaired) electrons. The van der Waals surface area contributed by atoms with E-state index < -0.39 is 12.0 Å². The summed E-state index contributed by atoms with van der Waals surface area (Å²) < 4.78 is 0. The molecule has 0 aromatic rings. The van der Waals surface area contributed by atoms with Crippen molar-refractivity contribution in [2.24, 2.45) is 17.6 Å². The van der Waals surface area contributed by atoms with Crippen LogP contribution in [-0.2, 0) is 4.79 Å². The molecular weight excluding hydrogens is 204 g/mol. The fourth-order valence-corrected chi connectivity index (χ4v) is 2.49. The highest BCUT2D eigenvalue weighted by molar-refractivity contribution is 5.73. The average molecular weight is 229 g/mol. The lowest BCUT2D eigenvalue weighted by Crippen LogP contribution is -2.85. The lowest BCUT2D eigenvalue weighted by molar-refractivity contribution is -0.661. The molecule has 4 heteroatoms. The molecule has 4 nitrogen and oxygen atoms in total. The Hall–Kier alpha value is -0.610. The van der Waals surface area contributed by atoms with Crippen molar-refractivity contribution in [3.05, 3.63) is 0 Å². The van der Waals surface area contributed by atoms with Gasteiger partial charge in [0.15, 0.2) is 0 Å². The summed E-state index contributed by atoms with van der Waals surface area (Å²) in [6.07, 6.45) is 5.69. The summed E-state index contributed by atoms with van der Waals surface area (Å²) in [5.41, 5.74) is 5.63. The van der Waals surface area contributed by atoms with Gasteiger partial charge in [0.05, 0.1) is 13.1 Å². The van der Waals surface area contributed by atoms with Crippen molar-refractivity contribution in [3.8, 4) is 0 Å². The first-order chi connectivity index (χ1) is 7.61. The number of carboxylic acid groups (broad SMARTS) is 1. The highest BCUT2D eigenvalue weighted by Gasteiger charge is 2.25. The topological polar surface area (TPSA) is 79.9 Å². The molecule has 1 heterocycles.